The average Bonchev–Trinajstić information content (AvgIpc) is 3.04. The van der Waals surface area contributed by atoms with Crippen molar-refractivity contribution in [3.05, 3.63) is 41.6 Å². The van der Waals surface area contributed by atoms with Gasteiger partial charge < -0.3 is 10.4 Å². The number of hydrogen-bond acceptors (Lipinski definition) is 4. The van der Waals surface area contributed by atoms with Gasteiger partial charge in [-0.1, -0.05) is 32.1 Å². The Bertz CT molecular complexity index is 926. The molecule has 1 aromatic heterocycles. The molecule has 1 aliphatic heterocycles. The molecule has 6 heteroatoms. The number of carbonyl (C=O) groups is 2. The number of fused-ring (bicyclic) bond motifs is 2. The minimum atomic E-state index is -0.790. The molecule has 0 saturated carbocycles. The van der Waals surface area contributed by atoms with E-state index in [2.05, 4.69) is 24.1 Å². The van der Waals surface area contributed by atoms with Gasteiger partial charge in [-0.3, -0.25) is 19.1 Å². The summed E-state index contributed by atoms with van der Waals surface area (Å²) < 4.78 is 1.70. The number of aliphatic carboxylic acids is 1. The molecule has 1 aromatic carbocycles. The van der Waals surface area contributed by atoms with E-state index in [4.69, 9.17) is 0 Å². The first kappa shape index (κ1) is 20.3. The molecule has 4 rings (SSSR count). The van der Waals surface area contributed by atoms with Crippen LogP contribution in [-0.4, -0.2) is 59.2 Å². The van der Waals surface area contributed by atoms with Gasteiger partial charge in [0.15, 0.2) is 0 Å². The highest BCUT2D eigenvalue weighted by Crippen LogP contribution is 2.41. The van der Waals surface area contributed by atoms with Crippen LogP contribution in [-0.2, 0) is 11.2 Å². The molecule has 28 heavy (non-hydrogen) atoms. The van der Waals surface area contributed by atoms with Crippen LogP contribution >= 0.6 is 0 Å². The highest BCUT2D eigenvalue weighted by Gasteiger charge is 2.36. The molecule has 0 amide bonds. The predicted octanol–water partition coefficient (Wildman–Crippen LogP) is 2.87. The molecule has 2 aliphatic rings. The van der Waals surface area contributed by atoms with Gasteiger partial charge in [-0.25, -0.2) is 0 Å². The van der Waals surface area contributed by atoms with E-state index in [9.17, 15) is 14.7 Å². The summed E-state index contributed by atoms with van der Waals surface area (Å²) in [5.74, 6) is -1.28. The normalized spacial score (nSPS) is 20.8. The smallest absolute Gasteiger partial charge is 0.311 e. The third kappa shape index (κ3) is 3.62. The molecule has 2 N–H and O–H groups in total. The van der Waals surface area contributed by atoms with E-state index in [0.29, 0.717) is 6.54 Å². The second kappa shape index (κ2) is 8.29. The zero-order valence-corrected chi connectivity index (χ0v) is 17.0. The molecule has 0 fully saturated rings. The molecule has 2 heterocycles. The molecule has 0 spiro atoms. The van der Waals surface area contributed by atoms with Crippen LogP contribution in [0.5, 0.6) is 0 Å². The standard InChI is InChI=1S/C18H18N2O3.C4H11N/c1-10(21)20-9-11-7-16-14(6-12(18(22)23)8-19(16)2)13-4-3-5-15(20)17(11)13;1-3-5-4-2/h3-6,9,12,16H,7-8H2,1-2H3,(H,22,23);5H,3-4H2,1-2H3/t12-,16-;/m1./s1. The Hall–Kier alpha value is -2.44. The van der Waals surface area contributed by atoms with Crippen LogP contribution in [0.4, 0.5) is 0 Å². The van der Waals surface area contributed by atoms with Crippen LogP contribution in [0.3, 0.4) is 0 Å². The van der Waals surface area contributed by atoms with Crippen molar-refractivity contribution in [2.24, 2.45) is 5.92 Å². The van der Waals surface area contributed by atoms with Gasteiger partial charge in [0, 0.05) is 31.1 Å². The van der Waals surface area contributed by atoms with Crippen LogP contribution in [0.2, 0.25) is 0 Å². The zero-order chi connectivity index (χ0) is 20.4. The van der Waals surface area contributed by atoms with E-state index in [1.807, 2.05) is 37.5 Å². The van der Waals surface area contributed by atoms with Crippen molar-refractivity contribution in [3.63, 3.8) is 0 Å². The topological polar surface area (TPSA) is 74.6 Å². The summed E-state index contributed by atoms with van der Waals surface area (Å²) in [6.07, 6.45) is 4.64. The van der Waals surface area contributed by atoms with Gasteiger partial charge in [0.25, 0.3) is 0 Å². The summed E-state index contributed by atoms with van der Waals surface area (Å²) in [6, 6.07) is 6.10. The maximum atomic E-state index is 11.9. The predicted molar refractivity (Wildman–Crippen MR) is 112 cm³/mol. The molecule has 2 atom stereocenters. The number of rotatable bonds is 3. The molecule has 0 bridgehead atoms. The highest BCUT2D eigenvalue weighted by molar-refractivity contribution is 6.02. The average molecular weight is 383 g/mol. The van der Waals surface area contributed by atoms with Crippen LogP contribution in [0.1, 0.15) is 36.7 Å². The summed E-state index contributed by atoms with van der Waals surface area (Å²) in [5, 5.41) is 13.6. The second-order valence-corrected chi connectivity index (χ2v) is 7.43. The molecule has 0 radical (unpaired) electrons. The molecule has 1 aliphatic carbocycles. The van der Waals surface area contributed by atoms with E-state index in [1.54, 1.807) is 11.5 Å². The fourth-order valence-corrected chi connectivity index (χ4v) is 4.22. The van der Waals surface area contributed by atoms with Gasteiger partial charge in [0.2, 0.25) is 5.91 Å². The minimum Gasteiger partial charge on any atom is -0.481 e. The summed E-state index contributed by atoms with van der Waals surface area (Å²) in [4.78, 5) is 25.4. The number of hydrogen-bond donors (Lipinski definition) is 2. The summed E-state index contributed by atoms with van der Waals surface area (Å²) in [5.41, 5.74) is 4.20. The first-order valence-corrected chi connectivity index (χ1v) is 9.88. The van der Waals surface area contributed by atoms with E-state index in [-0.39, 0.29) is 11.9 Å². The largest absolute Gasteiger partial charge is 0.481 e. The third-order valence-corrected chi connectivity index (χ3v) is 5.55. The van der Waals surface area contributed by atoms with Crippen molar-refractivity contribution < 1.29 is 14.7 Å². The number of nitrogens with zero attached hydrogens (tertiary/aromatic N) is 2. The quantitative estimate of drug-likeness (QED) is 0.853. The number of carbonyl (C=O) groups excluding carboxylic acids is 1. The fourth-order valence-electron chi connectivity index (χ4n) is 4.22. The van der Waals surface area contributed by atoms with Gasteiger partial charge >= 0.3 is 5.97 Å². The summed E-state index contributed by atoms with van der Waals surface area (Å²) in [7, 11) is 1.97. The lowest BCUT2D eigenvalue weighted by molar-refractivity contribution is -0.140. The third-order valence-electron chi connectivity index (χ3n) is 5.55. The molecular weight excluding hydrogens is 354 g/mol. The molecule has 2 aromatic rings. The first-order chi connectivity index (χ1) is 13.4. The van der Waals surface area contributed by atoms with Crippen LogP contribution < -0.4 is 5.32 Å². The molecule has 0 unspecified atom stereocenters. The van der Waals surface area contributed by atoms with Gasteiger partial charge in [-0.2, -0.15) is 0 Å². The summed E-state index contributed by atoms with van der Waals surface area (Å²) >= 11 is 0. The van der Waals surface area contributed by atoms with Crippen molar-refractivity contribution in [1.82, 2.24) is 14.8 Å². The van der Waals surface area contributed by atoms with E-state index < -0.39 is 11.9 Å². The Morgan fingerprint density at radius 2 is 1.96 bits per heavy atom. The number of aromatic nitrogens is 1. The second-order valence-electron chi connectivity index (χ2n) is 7.43. The van der Waals surface area contributed by atoms with E-state index >= 15 is 0 Å². The fraction of sp³-hybridized carbons (Fsp3) is 0.455. The Balaban J connectivity index is 0.000000403. The number of likely N-dealkylation sites (N-methyl/N-ethyl adjacent to an activating group) is 1. The van der Waals surface area contributed by atoms with Crippen molar-refractivity contribution in [2.75, 3.05) is 26.7 Å². The maximum Gasteiger partial charge on any atom is 0.311 e. The Morgan fingerprint density at radius 3 is 2.54 bits per heavy atom. The minimum absolute atomic E-state index is 0.00554. The lowest BCUT2D eigenvalue weighted by atomic mass is 9.80. The SMILES string of the molecule is CC(=O)n1cc2c3c(cccc31)C1=C[C@@H](C(=O)O)CN(C)[C@@H]1C2.CCNCC. The first-order valence-electron chi connectivity index (χ1n) is 9.88. The van der Waals surface area contributed by atoms with Gasteiger partial charge in [-0.15, -0.1) is 0 Å². The molecule has 150 valence electrons. The van der Waals surface area contributed by atoms with Gasteiger partial charge in [0.1, 0.15) is 0 Å². The highest BCUT2D eigenvalue weighted by atomic mass is 16.4. The van der Waals surface area contributed by atoms with Crippen molar-refractivity contribution in [1.29, 1.82) is 0 Å². The van der Waals surface area contributed by atoms with Crippen LogP contribution in [0, 0.1) is 5.92 Å². The zero-order valence-electron chi connectivity index (χ0n) is 17.0. The lowest BCUT2D eigenvalue weighted by Crippen LogP contribution is -2.44. The van der Waals surface area contributed by atoms with Crippen molar-refractivity contribution in [2.45, 2.75) is 33.2 Å². The van der Waals surface area contributed by atoms with Crippen LogP contribution in [0.15, 0.2) is 30.5 Å². The van der Waals surface area contributed by atoms with E-state index in [0.717, 1.165) is 47.1 Å². The van der Waals surface area contributed by atoms with Crippen molar-refractivity contribution >= 4 is 28.4 Å². The maximum absolute atomic E-state index is 11.9. The molecular formula is C22H29N3O3. The Labute approximate surface area is 165 Å². The van der Waals surface area contributed by atoms with Crippen LogP contribution in [0.25, 0.3) is 16.5 Å². The Morgan fingerprint density at radius 1 is 1.25 bits per heavy atom. The number of carboxylic acid groups (broad SMARTS) is 1. The number of carboxylic acids is 1. The number of benzene rings is 1. The molecule has 6 nitrogen and oxygen atoms in total. The number of nitrogens with one attached hydrogen (secondary N) is 1. The lowest BCUT2D eigenvalue weighted by Gasteiger charge is -2.38. The van der Waals surface area contributed by atoms with Gasteiger partial charge in [-0.05, 0) is 49.3 Å². The monoisotopic (exact) mass is 383 g/mol. The van der Waals surface area contributed by atoms with E-state index in [1.165, 1.54) is 0 Å². The molecule has 0 saturated heterocycles. The van der Waals surface area contributed by atoms with Gasteiger partial charge in [0.05, 0.1) is 11.4 Å². The Kier molecular flexibility index (Phi) is 6.01. The van der Waals surface area contributed by atoms with Crippen molar-refractivity contribution in [3.8, 4) is 0 Å². The summed E-state index contributed by atoms with van der Waals surface area (Å²) in [6.45, 7) is 8.47.